The summed E-state index contributed by atoms with van der Waals surface area (Å²) < 4.78 is 9.59. The second kappa shape index (κ2) is 10.3. The number of fused-ring (bicyclic) bond motifs is 2. The second-order valence-electron chi connectivity index (χ2n) is 9.13. The molecule has 0 radical (unpaired) electrons. The Kier molecular flexibility index (Phi) is 6.75. The van der Waals surface area contributed by atoms with E-state index >= 15 is 0 Å². The molecular formula is C28H31N5O3. The zero-order valence-corrected chi connectivity index (χ0v) is 20.7. The summed E-state index contributed by atoms with van der Waals surface area (Å²) in [7, 11) is 2.01. The molecule has 8 heteroatoms. The number of nitrogens with zero attached hydrogens (tertiary/aromatic N) is 4. The molecular weight excluding hydrogens is 454 g/mol. The summed E-state index contributed by atoms with van der Waals surface area (Å²) in [4.78, 5) is 27.1. The Hall–Kier alpha value is -4.07. The summed E-state index contributed by atoms with van der Waals surface area (Å²) in [5.41, 5.74) is 3.89. The van der Waals surface area contributed by atoms with Gasteiger partial charge in [-0.1, -0.05) is 43.7 Å². The van der Waals surface area contributed by atoms with Gasteiger partial charge >= 0.3 is 0 Å². The number of carbonyl (C=O) groups is 2. The van der Waals surface area contributed by atoms with E-state index in [9.17, 15) is 9.59 Å². The standard InChI is InChI=1S/C28H31N5O3/c1-3-4-15-36-21-11-9-20(10-12-21)17-29-26(34)19-32-27-16-24(30-33(27)14-13-28(32)35)23-18-31(2)25-8-6-5-7-22(23)25/h5-12,16,18H,3-4,13-15,17,19H2,1-2H3,(H,29,34). The third-order valence-corrected chi connectivity index (χ3v) is 6.53. The van der Waals surface area contributed by atoms with Gasteiger partial charge in [0.05, 0.1) is 18.8 Å². The van der Waals surface area contributed by atoms with E-state index in [1.165, 1.54) is 4.90 Å². The van der Waals surface area contributed by atoms with Crippen molar-refractivity contribution in [3.8, 4) is 17.0 Å². The zero-order valence-electron chi connectivity index (χ0n) is 20.7. The Labute approximate surface area is 210 Å². The van der Waals surface area contributed by atoms with Crippen LogP contribution in [0.5, 0.6) is 5.75 Å². The van der Waals surface area contributed by atoms with E-state index in [2.05, 4.69) is 35.1 Å². The van der Waals surface area contributed by atoms with E-state index in [1.54, 1.807) is 0 Å². The molecule has 5 rings (SSSR count). The number of rotatable bonds is 9. The van der Waals surface area contributed by atoms with Gasteiger partial charge in [0.25, 0.3) is 0 Å². The minimum atomic E-state index is -0.215. The van der Waals surface area contributed by atoms with Crippen molar-refractivity contribution in [3.63, 3.8) is 0 Å². The highest BCUT2D eigenvalue weighted by Gasteiger charge is 2.28. The summed E-state index contributed by atoms with van der Waals surface area (Å²) in [6.07, 6.45) is 4.48. The van der Waals surface area contributed by atoms with Crippen molar-refractivity contribution >= 4 is 28.5 Å². The van der Waals surface area contributed by atoms with Crippen LogP contribution in [0.3, 0.4) is 0 Å². The number of aromatic nitrogens is 3. The number of nitrogens with one attached hydrogen (secondary N) is 1. The molecule has 2 aromatic heterocycles. The van der Waals surface area contributed by atoms with Gasteiger partial charge in [-0.15, -0.1) is 0 Å². The Morgan fingerprint density at radius 1 is 1.14 bits per heavy atom. The van der Waals surface area contributed by atoms with Crippen molar-refractivity contribution in [2.75, 3.05) is 18.1 Å². The molecule has 2 amide bonds. The van der Waals surface area contributed by atoms with Crippen molar-refractivity contribution < 1.29 is 14.3 Å². The summed E-state index contributed by atoms with van der Waals surface area (Å²) in [5, 5.41) is 8.80. The zero-order chi connectivity index (χ0) is 25.1. The Balaban J connectivity index is 1.26. The van der Waals surface area contributed by atoms with Crippen LogP contribution < -0.4 is 15.0 Å². The number of hydrogen-bond donors (Lipinski definition) is 1. The lowest BCUT2D eigenvalue weighted by atomic mass is 10.1. The van der Waals surface area contributed by atoms with Gasteiger partial charge in [0.1, 0.15) is 18.1 Å². The lowest BCUT2D eigenvalue weighted by molar-refractivity contribution is -0.124. The fraction of sp³-hybridized carbons (Fsp3) is 0.321. The number of amides is 2. The summed E-state index contributed by atoms with van der Waals surface area (Å²) in [5.74, 6) is 1.19. The number of carbonyl (C=O) groups excluding carboxylic acids is 2. The van der Waals surface area contributed by atoms with E-state index in [4.69, 9.17) is 9.84 Å². The molecule has 1 aliphatic rings. The third-order valence-electron chi connectivity index (χ3n) is 6.53. The van der Waals surface area contributed by atoms with Gasteiger partial charge < -0.3 is 14.6 Å². The highest BCUT2D eigenvalue weighted by atomic mass is 16.5. The Bertz CT molecular complexity index is 1390. The molecule has 2 aromatic carbocycles. The van der Waals surface area contributed by atoms with E-state index < -0.39 is 0 Å². The predicted molar refractivity (Wildman–Crippen MR) is 140 cm³/mol. The first-order valence-electron chi connectivity index (χ1n) is 12.4. The summed E-state index contributed by atoms with van der Waals surface area (Å²) in [6.45, 7) is 3.68. The molecule has 8 nitrogen and oxygen atoms in total. The van der Waals surface area contributed by atoms with E-state index in [0.29, 0.717) is 31.9 Å². The van der Waals surface area contributed by atoms with Gasteiger partial charge in [-0.25, -0.2) is 4.68 Å². The maximum atomic E-state index is 12.8. The van der Waals surface area contributed by atoms with Crippen molar-refractivity contribution in [2.24, 2.45) is 7.05 Å². The maximum absolute atomic E-state index is 12.8. The van der Waals surface area contributed by atoms with Crippen LogP contribution in [-0.2, 0) is 29.7 Å². The van der Waals surface area contributed by atoms with Gasteiger partial charge in [0, 0.05) is 48.7 Å². The second-order valence-corrected chi connectivity index (χ2v) is 9.13. The lowest BCUT2D eigenvalue weighted by Gasteiger charge is -2.26. The SMILES string of the molecule is CCCCOc1ccc(CNC(=O)CN2C(=O)CCn3nc(-c4cn(C)c5ccccc45)cc32)cc1. The Morgan fingerprint density at radius 3 is 2.75 bits per heavy atom. The molecule has 0 atom stereocenters. The molecule has 0 saturated heterocycles. The van der Waals surface area contributed by atoms with Crippen molar-refractivity contribution in [3.05, 3.63) is 66.4 Å². The van der Waals surface area contributed by atoms with Crippen LogP contribution >= 0.6 is 0 Å². The molecule has 3 heterocycles. The highest BCUT2D eigenvalue weighted by molar-refractivity contribution is 6.00. The molecule has 0 fully saturated rings. The largest absolute Gasteiger partial charge is 0.494 e. The molecule has 0 aliphatic carbocycles. The van der Waals surface area contributed by atoms with Crippen molar-refractivity contribution in [1.82, 2.24) is 19.7 Å². The lowest BCUT2D eigenvalue weighted by Crippen LogP contribution is -2.44. The summed E-state index contributed by atoms with van der Waals surface area (Å²) in [6, 6.07) is 17.8. The fourth-order valence-electron chi connectivity index (χ4n) is 4.54. The number of para-hydroxylation sites is 1. The molecule has 1 aliphatic heterocycles. The number of unbranched alkanes of at least 4 members (excludes halogenated alkanes) is 1. The van der Waals surface area contributed by atoms with Crippen molar-refractivity contribution in [1.29, 1.82) is 0 Å². The van der Waals surface area contributed by atoms with Gasteiger partial charge in [-0.3, -0.25) is 14.5 Å². The molecule has 4 aromatic rings. The van der Waals surface area contributed by atoms with Crippen LogP contribution in [0, 0.1) is 0 Å². The van der Waals surface area contributed by atoms with Crippen molar-refractivity contribution in [2.45, 2.75) is 39.3 Å². The molecule has 0 unspecified atom stereocenters. The maximum Gasteiger partial charge on any atom is 0.240 e. The van der Waals surface area contributed by atoms with Crippen LogP contribution in [0.2, 0.25) is 0 Å². The molecule has 0 bridgehead atoms. The average molecular weight is 486 g/mol. The number of aryl methyl sites for hydroxylation is 2. The van der Waals surface area contributed by atoms with Gasteiger partial charge in [0.2, 0.25) is 11.8 Å². The number of ether oxygens (including phenoxy) is 1. The van der Waals surface area contributed by atoms with E-state index in [0.717, 1.165) is 46.3 Å². The molecule has 0 saturated carbocycles. The number of benzene rings is 2. The smallest absolute Gasteiger partial charge is 0.240 e. The van der Waals surface area contributed by atoms with Crippen LogP contribution in [0.25, 0.3) is 22.2 Å². The molecule has 1 N–H and O–H groups in total. The molecule has 36 heavy (non-hydrogen) atoms. The minimum absolute atomic E-state index is 0.0439. The van der Waals surface area contributed by atoms with E-state index in [1.807, 2.05) is 54.2 Å². The van der Waals surface area contributed by atoms with Gasteiger partial charge in [0.15, 0.2) is 0 Å². The van der Waals surface area contributed by atoms with Gasteiger partial charge in [-0.2, -0.15) is 5.10 Å². The molecule has 0 spiro atoms. The van der Waals surface area contributed by atoms with Crippen LogP contribution in [0.1, 0.15) is 31.7 Å². The quantitative estimate of drug-likeness (QED) is 0.359. The first kappa shape index (κ1) is 23.7. The average Bonchev–Trinajstić information content (AvgIpc) is 3.47. The predicted octanol–water partition coefficient (Wildman–Crippen LogP) is 4.27. The van der Waals surface area contributed by atoms with E-state index in [-0.39, 0.29) is 18.4 Å². The first-order chi connectivity index (χ1) is 17.5. The van der Waals surface area contributed by atoms with Crippen LogP contribution in [0.4, 0.5) is 5.82 Å². The first-order valence-corrected chi connectivity index (χ1v) is 12.4. The van der Waals surface area contributed by atoms with Crippen LogP contribution in [-0.4, -0.2) is 39.3 Å². The number of anilines is 1. The third kappa shape index (κ3) is 4.84. The monoisotopic (exact) mass is 485 g/mol. The van der Waals surface area contributed by atoms with Gasteiger partial charge in [-0.05, 0) is 30.2 Å². The summed E-state index contributed by atoms with van der Waals surface area (Å²) >= 11 is 0. The highest BCUT2D eigenvalue weighted by Crippen LogP contribution is 2.33. The topological polar surface area (TPSA) is 81.4 Å². The Morgan fingerprint density at radius 2 is 1.94 bits per heavy atom. The normalized spacial score (nSPS) is 13.2. The minimum Gasteiger partial charge on any atom is -0.494 e. The van der Waals surface area contributed by atoms with Crippen LogP contribution in [0.15, 0.2) is 60.8 Å². The fourth-order valence-corrected chi connectivity index (χ4v) is 4.54. The number of hydrogen-bond acceptors (Lipinski definition) is 4. The molecule has 186 valence electrons.